The van der Waals surface area contributed by atoms with Gasteiger partial charge in [0.05, 0.1) is 5.69 Å². The van der Waals surface area contributed by atoms with Crippen LogP contribution in [0.3, 0.4) is 0 Å². The molecule has 0 spiro atoms. The number of carboxylic acids is 1. The van der Waals surface area contributed by atoms with Crippen molar-refractivity contribution in [3.63, 3.8) is 0 Å². The standard InChI is InChI=1S/C13H17N3O3/c1-3-16(4-2)13(19)15-11-7-5-6-10(14-11)8-9-12(17)18/h5-9H,3-4H2,1-2H3,(H,17,18)(H,14,15,19). The van der Waals surface area contributed by atoms with Crippen LogP contribution in [0.4, 0.5) is 10.6 Å². The first kappa shape index (κ1) is 14.7. The molecule has 0 unspecified atom stereocenters. The summed E-state index contributed by atoms with van der Waals surface area (Å²) in [6.07, 6.45) is 2.37. The number of urea groups is 1. The lowest BCUT2D eigenvalue weighted by molar-refractivity contribution is -0.131. The fourth-order valence-electron chi connectivity index (χ4n) is 1.47. The number of anilines is 1. The Labute approximate surface area is 111 Å². The van der Waals surface area contributed by atoms with Gasteiger partial charge in [-0.1, -0.05) is 6.07 Å². The summed E-state index contributed by atoms with van der Waals surface area (Å²) < 4.78 is 0. The summed E-state index contributed by atoms with van der Waals surface area (Å²) in [5, 5.41) is 11.2. The SMILES string of the molecule is CCN(CC)C(=O)Nc1cccc(C=CC(=O)O)n1. The number of carboxylic acid groups (broad SMARTS) is 1. The lowest BCUT2D eigenvalue weighted by Gasteiger charge is -2.18. The maximum absolute atomic E-state index is 11.8. The number of carbonyl (C=O) groups is 2. The number of aromatic nitrogens is 1. The van der Waals surface area contributed by atoms with Crippen LogP contribution in [-0.4, -0.2) is 40.1 Å². The molecule has 0 aromatic carbocycles. The summed E-state index contributed by atoms with van der Waals surface area (Å²) in [5.74, 6) is -0.649. The number of nitrogens with zero attached hydrogens (tertiary/aromatic N) is 2. The predicted molar refractivity (Wildman–Crippen MR) is 72.8 cm³/mol. The minimum atomic E-state index is -1.04. The number of aliphatic carboxylic acids is 1. The molecule has 19 heavy (non-hydrogen) atoms. The Bertz CT molecular complexity index is 482. The topological polar surface area (TPSA) is 82.5 Å². The molecule has 0 aliphatic rings. The smallest absolute Gasteiger partial charge is 0.328 e. The molecule has 1 aromatic heterocycles. The van der Waals surface area contributed by atoms with Crippen LogP contribution < -0.4 is 5.32 Å². The Morgan fingerprint density at radius 2 is 2.05 bits per heavy atom. The van der Waals surface area contributed by atoms with Crippen molar-refractivity contribution in [1.29, 1.82) is 0 Å². The first-order chi connectivity index (χ1) is 9.06. The second kappa shape index (κ2) is 7.15. The van der Waals surface area contributed by atoms with Crippen LogP contribution in [0.15, 0.2) is 24.3 Å². The second-order valence-electron chi connectivity index (χ2n) is 3.72. The Morgan fingerprint density at radius 1 is 1.37 bits per heavy atom. The van der Waals surface area contributed by atoms with E-state index in [4.69, 9.17) is 5.11 Å². The van der Waals surface area contributed by atoms with Gasteiger partial charge in [0.2, 0.25) is 0 Å². The molecule has 6 nitrogen and oxygen atoms in total. The summed E-state index contributed by atoms with van der Waals surface area (Å²) in [5.41, 5.74) is 0.472. The van der Waals surface area contributed by atoms with Gasteiger partial charge >= 0.3 is 12.0 Å². The van der Waals surface area contributed by atoms with E-state index in [2.05, 4.69) is 10.3 Å². The van der Waals surface area contributed by atoms with Crippen LogP contribution in [0.25, 0.3) is 6.08 Å². The molecule has 0 saturated heterocycles. The largest absolute Gasteiger partial charge is 0.478 e. The third kappa shape index (κ3) is 4.79. The van der Waals surface area contributed by atoms with Crippen molar-refractivity contribution in [2.45, 2.75) is 13.8 Å². The highest BCUT2D eigenvalue weighted by Crippen LogP contribution is 2.07. The molecule has 0 aliphatic heterocycles. The Hall–Kier alpha value is -2.37. The van der Waals surface area contributed by atoms with E-state index < -0.39 is 5.97 Å². The van der Waals surface area contributed by atoms with E-state index in [1.807, 2.05) is 13.8 Å². The zero-order chi connectivity index (χ0) is 14.3. The van der Waals surface area contributed by atoms with Gasteiger partial charge in [0, 0.05) is 19.2 Å². The molecule has 2 amide bonds. The molecule has 0 aliphatic carbocycles. The van der Waals surface area contributed by atoms with Crippen molar-refractivity contribution in [2.24, 2.45) is 0 Å². The molecule has 1 rings (SSSR count). The van der Waals surface area contributed by atoms with Crippen molar-refractivity contribution in [3.8, 4) is 0 Å². The van der Waals surface area contributed by atoms with E-state index in [0.717, 1.165) is 6.08 Å². The molecule has 6 heteroatoms. The maximum atomic E-state index is 11.8. The average Bonchev–Trinajstić information content (AvgIpc) is 2.38. The predicted octanol–water partition coefficient (Wildman–Crippen LogP) is 2.05. The van der Waals surface area contributed by atoms with Crippen molar-refractivity contribution in [2.75, 3.05) is 18.4 Å². The van der Waals surface area contributed by atoms with Crippen LogP contribution in [0, 0.1) is 0 Å². The monoisotopic (exact) mass is 263 g/mol. The van der Waals surface area contributed by atoms with E-state index in [-0.39, 0.29) is 6.03 Å². The molecule has 0 bridgehead atoms. The van der Waals surface area contributed by atoms with Gasteiger partial charge in [-0.2, -0.15) is 0 Å². The quantitative estimate of drug-likeness (QED) is 0.796. The first-order valence-corrected chi connectivity index (χ1v) is 6.00. The van der Waals surface area contributed by atoms with Crippen LogP contribution in [0.5, 0.6) is 0 Å². The van der Waals surface area contributed by atoms with E-state index in [1.165, 1.54) is 6.08 Å². The molecular formula is C13H17N3O3. The van der Waals surface area contributed by atoms with E-state index in [9.17, 15) is 9.59 Å². The Balaban J connectivity index is 2.77. The number of hydrogen-bond donors (Lipinski definition) is 2. The van der Waals surface area contributed by atoms with Gasteiger partial charge in [0.1, 0.15) is 5.82 Å². The van der Waals surface area contributed by atoms with Gasteiger partial charge in [-0.25, -0.2) is 14.6 Å². The molecule has 102 valence electrons. The van der Waals surface area contributed by atoms with Crippen LogP contribution in [-0.2, 0) is 4.79 Å². The van der Waals surface area contributed by atoms with Crippen molar-refractivity contribution >= 4 is 23.9 Å². The lowest BCUT2D eigenvalue weighted by Crippen LogP contribution is -2.34. The molecule has 1 aromatic rings. The number of nitrogens with one attached hydrogen (secondary N) is 1. The third-order valence-electron chi connectivity index (χ3n) is 2.45. The number of hydrogen-bond acceptors (Lipinski definition) is 3. The maximum Gasteiger partial charge on any atom is 0.328 e. The highest BCUT2D eigenvalue weighted by molar-refractivity contribution is 5.88. The fourth-order valence-corrected chi connectivity index (χ4v) is 1.47. The summed E-state index contributed by atoms with van der Waals surface area (Å²) in [6, 6.07) is 4.79. The summed E-state index contributed by atoms with van der Waals surface area (Å²) in [4.78, 5) is 28.0. The number of pyridine rings is 1. The van der Waals surface area contributed by atoms with Gasteiger partial charge in [-0.05, 0) is 32.1 Å². The van der Waals surface area contributed by atoms with E-state index >= 15 is 0 Å². The Morgan fingerprint density at radius 3 is 2.63 bits per heavy atom. The van der Waals surface area contributed by atoms with Gasteiger partial charge in [0.15, 0.2) is 0 Å². The minimum absolute atomic E-state index is 0.225. The van der Waals surface area contributed by atoms with Crippen molar-refractivity contribution in [1.82, 2.24) is 9.88 Å². The van der Waals surface area contributed by atoms with Crippen LogP contribution in [0.1, 0.15) is 19.5 Å². The molecule has 0 saturated carbocycles. The lowest BCUT2D eigenvalue weighted by atomic mass is 10.3. The van der Waals surface area contributed by atoms with Gasteiger partial charge in [-0.15, -0.1) is 0 Å². The highest BCUT2D eigenvalue weighted by atomic mass is 16.4. The van der Waals surface area contributed by atoms with Crippen molar-refractivity contribution in [3.05, 3.63) is 30.0 Å². The number of amides is 2. The number of rotatable bonds is 5. The van der Waals surface area contributed by atoms with Gasteiger partial charge in [-0.3, -0.25) is 5.32 Å². The van der Waals surface area contributed by atoms with E-state index in [1.54, 1.807) is 23.1 Å². The molecule has 0 radical (unpaired) electrons. The summed E-state index contributed by atoms with van der Waals surface area (Å²) in [7, 11) is 0. The first-order valence-electron chi connectivity index (χ1n) is 6.00. The highest BCUT2D eigenvalue weighted by Gasteiger charge is 2.09. The van der Waals surface area contributed by atoms with Crippen LogP contribution >= 0.6 is 0 Å². The summed E-state index contributed by atoms with van der Waals surface area (Å²) in [6.45, 7) is 5.01. The Kier molecular flexibility index (Phi) is 5.53. The zero-order valence-electron chi connectivity index (χ0n) is 11.0. The molecule has 0 fully saturated rings. The fraction of sp³-hybridized carbons (Fsp3) is 0.308. The van der Waals surface area contributed by atoms with Gasteiger partial charge in [0.25, 0.3) is 0 Å². The van der Waals surface area contributed by atoms with Crippen LogP contribution in [0.2, 0.25) is 0 Å². The molecule has 2 N–H and O–H groups in total. The zero-order valence-corrected chi connectivity index (χ0v) is 11.0. The molecule has 0 atom stereocenters. The molecule has 1 heterocycles. The van der Waals surface area contributed by atoms with Gasteiger partial charge < -0.3 is 10.0 Å². The average molecular weight is 263 g/mol. The minimum Gasteiger partial charge on any atom is -0.478 e. The third-order valence-corrected chi connectivity index (χ3v) is 2.45. The van der Waals surface area contributed by atoms with Crippen molar-refractivity contribution < 1.29 is 14.7 Å². The normalized spacial score (nSPS) is 10.4. The van der Waals surface area contributed by atoms with E-state index in [0.29, 0.717) is 24.6 Å². The summed E-state index contributed by atoms with van der Waals surface area (Å²) >= 11 is 0. The number of carbonyl (C=O) groups excluding carboxylic acids is 1. The molecular weight excluding hydrogens is 246 g/mol. The second-order valence-corrected chi connectivity index (χ2v) is 3.72.